The molecule has 2 aliphatic rings. The number of ether oxygens (including phenoxy) is 3. The van der Waals surface area contributed by atoms with E-state index < -0.39 is 0 Å². The van der Waals surface area contributed by atoms with Crippen LogP contribution in [-0.4, -0.2) is 53.7 Å². The number of methoxy groups -OCH3 is 2. The standard InChI is InChI=1S/C23H24N6O3/c1-30-14-20-26-27-22(29(20)17-4-6-21(31-2)25-13-17)28-9-7-23(8-10-28)15-32-19-5-3-16(12-24)11-18(19)23/h3-6,11,13H,7-10,14-15H2,1-2H3. The lowest BCUT2D eigenvalue weighted by atomic mass is 9.74. The fraction of sp³-hybridized carbons (Fsp3) is 0.391. The number of nitriles is 1. The van der Waals surface area contributed by atoms with Gasteiger partial charge < -0.3 is 19.1 Å². The second-order valence-electron chi connectivity index (χ2n) is 8.12. The first-order valence-corrected chi connectivity index (χ1v) is 10.5. The van der Waals surface area contributed by atoms with Gasteiger partial charge in [-0.2, -0.15) is 5.26 Å². The van der Waals surface area contributed by atoms with Crippen LogP contribution in [0.15, 0.2) is 36.5 Å². The van der Waals surface area contributed by atoms with Gasteiger partial charge in [-0.05, 0) is 37.1 Å². The lowest BCUT2D eigenvalue weighted by Crippen LogP contribution is -2.44. The van der Waals surface area contributed by atoms with E-state index >= 15 is 0 Å². The molecule has 4 heterocycles. The zero-order chi connectivity index (χ0) is 22.1. The average molecular weight is 432 g/mol. The SMILES string of the molecule is COCc1nnc(N2CCC3(CC2)COc2ccc(C#N)cc23)n1-c1ccc(OC)nc1. The quantitative estimate of drug-likeness (QED) is 0.607. The number of pyridine rings is 1. The van der Waals surface area contributed by atoms with Crippen molar-refractivity contribution in [3.63, 3.8) is 0 Å². The van der Waals surface area contributed by atoms with Crippen LogP contribution in [0.2, 0.25) is 0 Å². The molecule has 0 radical (unpaired) electrons. The summed E-state index contributed by atoms with van der Waals surface area (Å²) in [6.45, 7) is 2.59. The van der Waals surface area contributed by atoms with Crippen LogP contribution in [0.4, 0.5) is 5.95 Å². The Bertz CT molecular complexity index is 1160. The molecule has 0 aliphatic carbocycles. The number of benzene rings is 1. The number of nitrogens with zero attached hydrogens (tertiary/aromatic N) is 6. The maximum Gasteiger partial charge on any atom is 0.232 e. The zero-order valence-corrected chi connectivity index (χ0v) is 18.1. The van der Waals surface area contributed by atoms with Crippen LogP contribution in [-0.2, 0) is 16.8 Å². The number of piperidine rings is 1. The highest BCUT2D eigenvalue weighted by Crippen LogP contribution is 2.46. The van der Waals surface area contributed by atoms with E-state index in [0.717, 1.165) is 48.9 Å². The van der Waals surface area contributed by atoms with Crippen molar-refractivity contribution in [2.75, 3.05) is 38.8 Å². The van der Waals surface area contributed by atoms with Crippen molar-refractivity contribution in [1.29, 1.82) is 5.26 Å². The smallest absolute Gasteiger partial charge is 0.232 e. The summed E-state index contributed by atoms with van der Waals surface area (Å²) in [4.78, 5) is 6.58. The number of hydrogen-bond acceptors (Lipinski definition) is 8. The highest BCUT2D eigenvalue weighted by atomic mass is 16.5. The van der Waals surface area contributed by atoms with Crippen LogP contribution in [0.3, 0.4) is 0 Å². The Kier molecular flexibility index (Phi) is 5.15. The molecular formula is C23H24N6O3. The van der Waals surface area contributed by atoms with Crippen LogP contribution < -0.4 is 14.4 Å². The predicted octanol–water partition coefficient (Wildman–Crippen LogP) is 2.62. The van der Waals surface area contributed by atoms with Gasteiger partial charge in [0.1, 0.15) is 12.4 Å². The van der Waals surface area contributed by atoms with Gasteiger partial charge in [0.05, 0.1) is 37.2 Å². The lowest BCUT2D eigenvalue weighted by molar-refractivity contribution is 0.176. The van der Waals surface area contributed by atoms with Crippen LogP contribution >= 0.6 is 0 Å². The normalized spacial score (nSPS) is 16.5. The summed E-state index contributed by atoms with van der Waals surface area (Å²) in [5.41, 5.74) is 2.61. The highest BCUT2D eigenvalue weighted by molar-refractivity contribution is 5.51. The predicted molar refractivity (Wildman–Crippen MR) is 116 cm³/mol. The van der Waals surface area contributed by atoms with Gasteiger partial charge in [-0.15, -0.1) is 10.2 Å². The van der Waals surface area contributed by atoms with Gasteiger partial charge in [-0.25, -0.2) is 4.98 Å². The fourth-order valence-corrected chi connectivity index (χ4v) is 4.61. The van der Waals surface area contributed by atoms with Gasteiger partial charge >= 0.3 is 0 Å². The minimum atomic E-state index is -0.0689. The van der Waals surface area contributed by atoms with E-state index in [2.05, 4.69) is 26.2 Å². The summed E-state index contributed by atoms with van der Waals surface area (Å²) in [7, 11) is 3.24. The summed E-state index contributed by atoms with van der Waals surface area (Å²) in [6, 6.07) is 11.7. The zero-order valence-electron chi connectivity index (χ0n) is 18.1. The van der Waals surface area contributed by atoms with Gasteiger partial charge in [0.15, 0.2) is 5.82 Å². The molecule has 1 saturated heterocycles. The highest BCUT2D eigenvalue weighted by Gasteiger charge is 2.44. The van der Waals surface area contributed by atoms with Crippen molar-refractivity contribution in [1.82, 2.24) is 19.7 Å². The molecule has 0 atom stereocenters. The second kappa shape index (κ2) is 8.13. The van der Waals surface area contributed by atoms with Gasteiger partial charge in [0, 0.05) is 37.2 Å². The van der Waals surface area contributed by atoms with Crippen molar-refractivity contribution in [3.8, 4) is 23.4 Å². The maximum atomic E-state index is 9.32. The van der Waals surface area contributed by atoms with Crippen molar-refractivity contribution < 1.29 is 14.2 Å². The fourth-order valence-electron chi connectivity index (χ4n) is 4.61. The van der Waals surface area contributed by atoms with E-state index in [1.54, 1.807) is 20.4 Å². The van der Waals surface area contributed by atoms with Crippen LogP contribution in [0.5, 0.6) is 11.6 Å². The topological polar surface area (TPSA) is 98.3 Å². The number of rotatable bonds is 5. The Balaban J connectivity index is 1.43. The Morgan fingerprint density at radius 1 is 1.16 bits per heavy atom. The van der Waals surface area contributed by atoms with Gasteiger partial charge in [0.25, 0.3) is 0 Å². The molecule has 164 valence electrons. The third-order valence-electron chi connectivity index (χ3n) is 6.36. The van der Waals surface area contributed by atoms with Crippen molar-refractivity contribution >= 4 is 5.95 Å². The number of aromatic nitrogens is 4. The molecule has 2 aromatic heterocycles. The first-order valence-electron chi connectivity index (χ1n) is 10.5. The summed E-state index contributed by atoms with van der Waals surface area (Å²) in [5, 5.41) is 18.2. The average Bonchev–Trinajstić information content (AvgIpc) is 3.42. The van der Waals surface area contributed by atoms with E-state index in [9.17, 15) is 5.26 Å². The lowest BCUT2D eigenvalue weighted by Gasteiger charge is -2.38. The Labute approximate surface area is 186 Å². The van der Waals surface area contributed by atoms with E-state index in [1.807, 2.05) is 34.9 Å². The molecule has 32 heavy (non-hydrogen) atoms. The van der Waals surface area contributed by atoms with Gasteiger partial charge in [0.2, 0.25) is 11.8 Å². The Morgan fingerprint density at radius 2 is 2.00 bits per heavy atom. The summed E-state index contributed by atoms with van der Waals surface area (Å²) in [5.74, 6) is 2.92. The second-order valence-corrected chi connectivity index (χ2v) is 8.12. The molecule has 1 fully saturated rings. The van der Waals surface area contributed by atoms with Crippen molar-refractivity contribution in [2.45, 2.75) is 24.9 Å². The Hall–Kier alpha value is -3.64. The van der Waals surface area contributed by atoms with Crippen LogP contribution in [0, 0.1) is 11.3 Å². The van der Waals surface area contributed by atoms with Crippen LogP contribution in [0.25, 0.3) is 5.69 Å². The minimum absolute atomic E-state index is 0.0689. The molecule has 1 aromatic carbocycles. The number of fused-ring (bicyclic) bond motifs is 2. The molecule has 0 N–H and O–H groups in total. The summed E-state index contributed by atoms with van der Waals surface area (Å²) < 4.78 is 18.5. The summed E-state index contributed by atoms with van der Waals surface area (Å²) in [6.07, 6.45) is 3.56. The van der Waals surface area contributed by atoms with E-state index in [0.29, 0.717) is 30.5 Å². The third kappa shape index (κ3) is 3.33. The third-order valence-corrected chi connectivity index (χ3v) is 6.36. The molecule has 9 heteroatoms. The molecule has 5 rings (SSSR count). The molecule has 1 spiro atoms. The first kappa shape index (κ1) is 20.3. The Morgan fingerprint density at radius 3 is 2.69 bits per heavy atom. The monoisotopic (exact) mass is 432 g/mol. The molecule has 9 nitrogen and oxygen atoms in total. The molecule has 2 aliphatic heterocycles. The minimum Gasteiger partial charge on any atom is -0.492 e. The van der Waals surface area contributed by atoms with Gasteiger partial charge in [-0.1, -0.05) is 0 Å². The largest absolute Gasteiger partial charge is 0.492 e. The first-order chi connectivity index (χ1) is 15.7. The molecular weight excluding hydrogens is 408 g/mol. The van der Waals surface area contributed by atoms with E-state index in [-0.39, 0.29) is 5.41 Å². The molecule has 0 saturated carbocycles. The van der Waals surface area contributed by atoms with E-state index in [1.165, 1.54) is 0 Å². The summed E-state index contributed by atoms with van der Waals surface area (Å²) >= 11 is 0. The number of hydrogen-bond donors (Lipinski definition) is 0. The van der Waals surface area contributed by atoms with Crippen molar-refractivity contribution in [2.24, 2.45) is 0 Å². The van der Waals surface area contributed by atoms with Crippen molar-refractivity contribution in [3.05, 3.63) is 53.5 Å². The van der Waals surface area contributed by atoms with Crippen LogP contribution in [0.1, 0.15) is 29.8 Å². The molecule has 0 bridgehead atoms. The van der Waals surface area contributed by atoms with E-state index in [4.69, 9.17) is 14.2 Å². The molecule has 0 amide bonds. The maximum absolute atomic E-state index is 9.32. The molecule has 3 aromatic rings. The van der Waals surface area contributed by atoms with Gasteiger partial charge in [-0.3, -0.25) is 4.57 Å². The molecule has 0 unspecified atom stereocenters. The number of anilines is 1.